The van der Waals surface area contributed by atoms with Crippen molar-refractivity contribution < 1.29 is 0 Å². The second-order valence-electron chi connectivity index (χ2n) is 3.97. The monoisotopic (exact) mass is 249 g/mol. The van der Waals surface area contributed by atoms with Crippen LogP contribution in [-0.2, 0) is 0 Å². The molecule has 1 aromatic heterocycles. The average molecular weight is 249 g/mol. The summed E-state index contributed by atoms with van der Waals surface area (Å²) in [5.41, 5.74) is 1.89. The van der Waals surface area contributed by atoms with E-state index in [4.69, 9.17) is 10.5 Å². The molecule has 1 aromatic carbocycles. The van der Waals surface area contributed by atoms with Gasteiger partial charge in [0.25, 0.3) is 0 Å². The van der Waals surface area contributed by atoms with Crippen LogP contribution >= 0.6 is 0 Å². The van der Waals surface area contributed by atoms with E-state index in [2.05, 4.69) is 21.4 Å². The number of rotatable bonds is 3. The van der Waals surface area contributed by atoms with Crippen molar-refractivity contribution in [2.45, 2.75) is 13.0 Å². The number of aromatic nitrogens is 2. The zero-order valence-electron chi connectivity index (χ0n) is 10.3. The number of benzene rings is 1. The molecular formula is C14H11N5. The molecule has 0 fully saturated rings. The lowest BCUT2D eigenvalue weighted by Crippen LogP contribution is -2.09. The molecule has 1 unspecified atom stereocenters. The lowest BCUT2D eigenvalue weighted by molar-refractivity contribution is 0.869. The third-order valence-electron chi connectivity index (χ3n) is 2.70. The quantitative estimate of drug-likeness (QED) is 0.902. The van der Waals surface area contributed by atoms with Gasteiger partial charge in [0.1, 0.15) is 6.07 Å². The van der Waals surface area contributed by atoms with E-state index in [0.29, 0.717) is 11.4 Å². The Bertz CT molecular complexity index is 649. The fourth-order valence-corrected chi connectivity index (χ4v) is 1.66. The van der Waals surface area contributed by atoms with E-state index in [0.717, 1.165) is 5.56 Å². The number of hydrogen-bond acceptors (Lipinski definition) is 5. The van der Waals surface area contributed by atoms with E-state index >= 15 is 0 Å². The van der Waals surface area contributed by atoms with Crippen LogP contribution in [0.2, 0.25) is 0 Å². The number of anilines is 1. The summed E-state index contributed by atoms with van der Waals surface area (Å²) in [5, 5.41) is 20.8. The van der Waals surface area contributed by atoms with Gasteiger partial charge in [-0.2, -0.15) is 10.5 Å². The van der Waals surface area contributed by atoms with E-state index in [9.17, 15) is 0 Å². The summed E-state index contributed by atoms with van der Waals surface area (Å²) < 4.78 is 0. The van der Waals surface area contributed by atoms with Gasteiger partial charge in [-0.3, -0.25) is 0 Å². The summed E-state index contributed by atoms with van der Waals surface area (Å²) in [6.45, 7) is 1.96. The predicted molar refractivity (Wildman–Crippen MR) is 69.9 cm³/mol. The minimum absolute atomic E-state index is 0.0310. The van der Waals surface area contributed by atoms with Crippen LogP contribution in [0.4, 0.5) is 5.82 Å². The summed E-state index contributed by atoms with van der Waals surface area (Å²) in [7, 11) is 0. The normalized spacial score (nSPS) is 11.1. The predicted octanol–water partition coefficient (Wildman–Crippen LogP) is 2.39. The third-order valence-corrected chi connectivity index (χ3v) is 2.70. The van der Waals surface area contributed by atoms with Crippen LogP contribution in [0.5, 0.6) is 0 Å². The number of nitrogens with zero attached hydrogens (tertiary/aromatic N) is 4. The minimum Gasteiger partial charge on any atom is -0.361 e. The van der Waals surface area contributed by atoms with Gasteiger partial charge >= 0.3 is 0 Å². The van der Waals surface area contributed by atoms with Crippen molar-refractivity contribution in [3.63, 3.8) is 0 Å². The van der Waals surface area contributed by atoms with Crippen molar-refractivity contribution in [2.75, 3.05) is 5.32 Å². The Morgan fingerprint density at radius 2 is 1.74 bits per heavy atom. The topological polar surface area (TPSA) is 85.4 Å². The second-order valence-corrected chi connectivity index (χ2v) is 3.97. The number of hydrogen-bond donors (Lipinski definition) is 1. The molecule has 0 aliphatic rings. The first kappa shape index (κ1) is 12.5. The summed E-state index contributed by atoms with van der Waals surface area (Å²) in [6, 6.07) is 11.3. The Morgan fingerprint density at radius 1 is 1.05 bits per heavy atom. The van der Waals surface area contributed by atoms with E-state index in [1.807, 2.05) is 25.1 Å². The van der Waals surface area contributed by atoms with Gasteiger partial charge in [0.2, 0.25) is 0 Å². The van der Waals surface area contributed by atoms with Gasteiger partial charge in [0.05, 0.1) is 17.7 Å². The number of nitrogens with one attached hydrogen (secondary N) is 1. The van der Waals surface area contributed by atoms with Gasteiger partial charge in [-0.15, -0.1) is 0 Å². The van der Waals surface area contributed by atoms with Crippen molar-refractivity contribution in [2.24, 2.45) is 0 Å². The van der Waals surface area contributed by atoms with Crippen LogP contribution < -0.4 is 5.32 Å². The summed E-state index contributed by atoms with van der Waals surface area (Å²) in [5.74, 6) is 0.460. The van der Waals surface area contributed by atoms with E-state index < -0.39 is 0 Å². The van der Waals surface area contributed by atoms with E-state index in [1.54, 1.807) is 12.1 Å². The SMILES string of the molecule is CC(Nc1nccnc1C#N)c1ccc(C#N)cc1. The Labute approximate surface area is 111 Å². The maximum Gasteiger partial charge on any atom is 0.182 e. The first-order valence-electron chi connectivity index (χ1n) is 5.72. The first-order valence-corrected chi connectivity index (χ1v) is 5.72. The summed E-state index contributed by atoms with van der Waals surface area (Å²) in [4.78, 5) is 8.04. The highest BCUT2D eigenvalue weighted by atomic mass is 15.0. The Kier molecular flexibility index (Phi) is 3.70. The molecule has 92 valence electrons. The zero-order valence-corrected chi connectivity index (χ0v) is 10.3. The lowest BCUT2D eigenvalue weighted by Gasteiger charge is -2.15. The van der Waals surface area contributed by atoms with Crippen LogP contribution in [-0.4, -0.2) is 9.97 Å². The molecule has 0 saturated heterocycles. The van der Waals surface area contributed by atoms with Crippen molar-refractivity contribution in [3.8, 4) is 12.1 Å². The summed E-state index contributed by atoms with van der Waals surface area (Å²) in [6.07, 6.45) is 3.02. The molecule has 0 saturated carbocycles. The molecule has 0 radical (unpaired) electrons. The Morgan fingerprint density at radius 3 is 2.37 bits per heavy atom. The van der Waals surface area contributed by atoms with Crippen LogP contribution in [0.15, 0.2) is 36.7 Å². The van der Waals surface area contributed by atoms with Gasteiger partial charge in [-0.1, -0.05) is 12.1 Å². The van der Waals surface area contributed by atoms with Crippen molar-refractivity contribution in [1.29, 1.82) is 10.5 Å². The molecule has 1 N–H and O–H groups in total. The molecule has 1 atom stereocenters. The highest BCUT2D eigenvalue weighted by molar-refractivity contribution is 5.48. The minimum atomic E-state index is -0.0310. The van der Waals surface area contributed by atoms with Gasteiger partial charge < -0.3 is 5.32 Å². The van der Waals surface area contributed by atoms with Gasteiger partial charge in [-0.05, 0) is 24.6 Å². The maximum atomic E-state index is 8.94. The molecule has 0 amide bonds. The smallest absolute Gasteiger partial charge is 0.182 e. The second kappa shape index (κ2) is 5.61. The highest BCUT2D eigenvalue weighted by Crippen LogP contribution is 2.19. The molecule has 1 heterocycles. The molecular weight excluding hydrogens is 238 g/mol. The molecule has 5 nitrogen and oxygen atoms in total. The van der Waals surface area contributed by atoms with Crippen LogP contribution in [0.3, 0.4) is 0 Å². The Hall–Kier alpha value is -2.92. The van der Waals surface area contributed by atoms with Gasteiger partial charge in [0, 0.05) is 12.4 Å². The molecule has 5 heteroatoms. The fourth-order valence-electron chi connectivity index (χ4n) is 1.66. The third kappa shape index (κ3) is 2.85. The Balaban J connectivity index is 2.19. The highest BCUT2D eigenvalue weighted by Gasteiger charge is 2.09. The van der Waals surface area contributed by atoms with Crippen molar-refractivity contribution in [3.05, 3.63) is 53.5 Å². The lowest BCUT2D eigenvalue weighted by atomic mass is 10.1. The molecule has 0 bridgehead atoms. The van der Waals surface area contributed by atoms with Crippen LogP contribution in [0.25, 0.3) is 0 Å². The summed E-state index contributed by atoms with van der Waals surface area (Å²) >= 11 is 0. The van der Waals surface area contributed by atoms with Crippen molar-refractivity contribution in [1.82, 2.24) is 9.97 Å². The molecule has 0 spiro atoms. The molecule has 2 aromatic rings. The van der Waals surface area contributed by atoms with Gasteiger partial charge in [0.15, 0.2) is 11.5 Å². The number of nitriles is 2. The fraction of sp³-hybridized carbons (Fsp3) is 0.143. The zero-order chi connectivity index (χ0) is 13.7. The molecule has 0 aliphatic heterocycles. The standard InChI is InChI=1S/C14H11N5/c1-10(12-4-2-11(8-15)3-5-12)19-14-13(9-16)17-6-7-18-14/h2-7,10H,1H3,(H,18,19). The molecule has 0 aliphatic carbocycles. The van der Waals surface area contributed by atoms with E-state index in [1.165, 1.54) is 12.4 Å². The van der Waals surface area contributed by atoms with Crippen LogP contribution in [0.1, 0.15) is 29.8 Å². The maximum absolute atomic E-state index is 8.94. The largest absolute Gasteiger partial charge is 0.361 e. The molecule has 19 heavy (non-hydrogen) atoms. The average Bonchev–Trinajstić information content (AvgIpc) is 2.48. The van der Waals surface area contributed by atoms with Gasteiger partial charge in [-0.25, -0.2) is 9.97 Å². The molecule has 2 rings (SSSR count). The van der Waals surface area contributed by atoms with E-state index in [-0.39, 0.29) is 11.7 Å². The van der Waals surface area contributed by atoms with Crippen LogP contribution in [0, 0.1) is 22.7 Å². The first-order chi connectivity index (χ1) is 9.24. The van der Waals surface area contributed by atoms with Crippen molar-refractivity contribution >= 4 is 5.82 Å².